The number of carbonyl (C=O) groups excluding carboxylic acids is 1. The molecule has 0 unspecified atom stereocenters. The number of carboxylic acid groups (broad SMARTS) is 1. The zero-order chi connectivity index (χ0) is 26.5. The largest absolute Gasteiger partial charge is 0.465 e. The van der Waals surface area contributed by atoms with Gasteiger partial charge in [0.05, 0.1) is 24.9 Å². The molecular formula is C30H30N4O4. The van der Waals surface area contributed by atoms with Gasteiger partial charge in [-0.25, -0.2) is 4.79 Å². The summed E-state index contributed by atoms with van der Waals surface area (Å²) in [7, 11) is 0. The molecule has 4 aromatic rings. The molecule has 0 saturated carbocycles. The normalized spacial score (nSPS) is 15.4. The van der Waals surface area contributed by atoms with E-state index in [1.54, 1.807) is 9.58 Å². The van der Waals surface area contributed by atoms with E-state index in [1.807, 2.05) is 91.0 Å². The molecule has 194 valence electrons. The highest BCUT2D eigenvalue weighted by molar-refractivity contribution is 6.03. The van der Waals surface area contributed by atoms with Gasteiger partial charge >= 0.3 is 6.09 Å². The van der Waals surface area contributed by atoms with Crippen molar-refractivity contribution in [3.8, 4) is 22.4 Å². The monoisotopic (exact) mass is 510 g/mol. The first-order valence-electron chi connectivity index (χ1n) is 12.7. The van der Waals surface area contributed by atoms with Crippen molar-refractivity contribution in [3.63, 3.8) is 0 Å². The average molecular weight is 511 g/mol. The SMILES string of the molecule is O=C(O)N1CCN(C(=O)c2nn(CCO)c(-c3ccccc3)c2-c2ccccc2)[C@H](Cc2ccccc2)C1. The van der Waals surface area contributed by atoms with Crippen molar-refractivity contribution in [1.29, 1.82) is 0 Å². The highest BCUT2D eigenvalue weighted by atomic mass is 16.4. The van der Waals surface area contributed by atoms with Crippen LogP contribution in [0.15, 0.2) is 91.0 Å². The minimum Gasteiger partial charge on any atom is -0.465 e. The lowest BCUT2D eigenvalue weighted by molar-refractivity contribution is 0.0445. The van der Waals surface area contributed by atoms with Crippen molar-refractivity contribution < 1.29 is 19.8 Å². The number of hydrogen-bond donors (Lipinski definition) is 2. The van der Waals surface area contributed by atoms with Crippen LogP contribution in [0.4, 0.5) is 4.79 Å². The molecular weight excluding hydrogens is 480 g/mol. The number of rotatable bonds is 7. The van der Waals surface area contributed by atoms with E-state index in [0.29, 0.717) is 17.7 Å². The Hall–Kier alpha value is -4.43. The molecule has 1 aliphatic rings. The molecule has 8 nitrogen and oxygen atoms in total. The second kappa shape index (κ2) is 11.3. The van der Waals surface area contributed by atoms with E-state index in [0.717, 1.165) is 22.4 Å². The van der Waals surface area contributed by atoms with Gasteiger partial charge in [0, 0.05) is 30.8 Å². The molecule has 5 rings (SSSR count). The molecule has 1 fully saturated rings. The van der Waals surface area contributed by atoms with E-state index in [1.165, 1.54) is 4.90 Å². The molecule has 2 N–H and O–H groups in total. The quantitative estimate of drug-likeness (QED) is 0.387. The summed E-state index contributed by atoms with van der Waals surface area (Å²) < 4.78 is 1.70. The van der Waals surface area contributed by atoms with Gasteiger partial charge in [-0.15, -0.1) is 0 Å². The van der Waals surface area contributed by atoms with Crippen molar-refractivity contribution in [3.05, 3.63) is 102 Å². The molecule has 2 heterocycles. The number of aliphatic hydroxyl groups excluding tert-OH is 1. The van der Waals surface area contributed by atoms with Crippen LogP contribution in [0.1, 0.15) is 16.1 Å². The van der Waals surface area contributed by atoms with Crippen molar-refractivity contribution in [1.82, 2.24) is 19.6 Å². The van der Waals surface area contributed by atoms with Crippen molar-refractivity contribution in [2.24, 2.45) is 0 Å². The third-order valence-corrected chi connectivity index (χ3v) is 6.90. The minimum atomic E-state index is -0.987. The Bertz CT molecular complexity index is 1390. The zero-order valence-corrected chi connectivity index (χ0v) is 21.0. The van der Waals surface area contributed by atoms with Crippen molar-refractivity contribution in [2.45, 2.75) is 19.0 Å². The maximum atomic E-state index is 14.3. The molecule has 1 aliphatic heterocycles. The fourth-order valence-electron chi connectivity index (χ4n) is 5.13. The summed E-state index contributed by atoms with van der Waals surface area (Å²) in [5.74, 6) is -0.247. The molecule has 0 aliphatic carbocycles. The fourth-order valence-corrected chi connectivity index (χ4v) is 5.13. The zero-order valence-electron chi connectivity index (χ0n) is 21.0. The van der Waals surface area contributed by atoms with Gasteiger partial charge in [0.1, 0.15) is 0 Å². The lowest BCUT2D eigenvalue weighted by Crippen LogP contribution is -2.57. The highest BCUT2D eigenvalue weighted by Gasteiger charge is 2.36. The van der Waals surface area contributed by atoms with Crippen molar-refractivity contribution >= 4 is 12.0 Å². The first-order chi connectivity index (χ1) is 18.6. The topological polar surface area (TPSA) is 98.9 Å². The smallest absolute Gasteiger partial charge is 0.407 e. The molecule has 0 radical (unpaired) electrons. The van der Waals surface area contributed by atoms with Gasteiger partial charge in [-0.3, -0.25) is 9.48 Å². The maximum absolute atomic E-state index is 14.3. The van der Waals surface area contributed by atoms with Gasteiger partial charge in [0.15, 0.2) is 5.69 Å². The summed E-state index contributed by atoms with van der Waals surface area (Å²) in [5, 5.41) is 24.2. The molecule has 0 bridgehead atoms. The summed E-state index contributed by atoms with van der Waals surface area (Å²) in [5.41, 5.74) is 4.53. The van der Waals surface area contributed by atoms with Crippen LogP contribution in [0.2, 0.25) is 0 Å². The summed E-state index contributed by atoms with van der Waals surface area (Å²) >= 11 is 0. The van der Waals surface area contributed by atoms with Crippen LogP contribution >= 0.6 is 0 Å². The van der Waals surface area contributed by atoms with E-state index in [-0.39, 0.29) is 44.7 Å². The second-order valence-corrected chi connectivity index (χ2v) is 9.32. The molecule has 2 amide bonds. The molecule has 1 aromatic heterocycles. The van der Waals surface area contributed by atoms with Gasteiger partial charge in [-0.05, 0) is 17.5 Å². The first-order valence-corrected chi connectivity index (χ1v) is 12.7. The third-order valence-electron chi connectivity index (χ3n) is 6.90. The predicted molar refractivity (Wildman–Crippen MR) is 145 cm³/mol. The van der Waals surface area contributed by atoms with E-state index in [2.05, 4.69) is 0 Å². The lowest BCUT2D eigenvalue weighted by Gasteiger charge is -2.40. The van der Waals surface area contributed by atoms with Crippen LogP contribution in [0.3, 0.4) is 0 Å². The van der Waals surface area contributed by atoms with E-state index in [9.17, 15) is 19.8 Å². The Labute approximate surface area is 221 Å². The predicted octanol–water partition coefficient (Wildman–Crippen LogP) is 4.26. The maximum Gasteiger partial charge on any atom is 0.407 e. The summed E-state index contributed by atoms with van der Waals surface area (Å²) in [6, 6.07) is 28.8. The summed E-state index contributed by atoms with van der Waals surface area (Å²) in [6.45, 7) is 0.828. The molecule has 3 aromatic carbocycles. The van der Waals surface area contributed by atoms with Crippen LogP contribution in [0, 0.1) is 0 Å². The number of hydrogen-bond acceptors (Lipinski definition) is 4. The standard InChI is InChI=1S/C30H30N4O4/c35-19-18-34-28(24-14-8-3-9-15-24)26(23-12-6-2-7-13-23)27(31-34)29(36)33-17-16-32(30(37)38)21-25(33)20-22-10-4-1-5-11-22/h1-15,25,35H,16-21H2,(H,37,38)/t25-/m1/s1. The van der Waals surface area contributed by atoms with Gasteiger partial charge in [-0.1, -0.05) is 91.0 Å². The third kappa shape index (κ3) is 5.17. The summed E-state index contributed by atoms with van der Waals surface area (Å²) in [4.78, 5) is 29.2. The van der Waals surface area contributed by atoms with Crippen molar-refractivity contribution in [2.75, 3.05) is 26.2 Å². The van der Waals surface area contributed by atoms with Gasteiger partial charge in [-0.2, -0.15) is 5.10 Å². The number of carbonyl (C=O) groups is 2. The molecule has 0 spiro atoms. The second-order valence-electron chi connectivity index (χ2n) is 9.32. The lowest BCUT2D eigenvalue weighted by atomic mass is 9.97. The minimum absolute atomic E-state index is 0.128. The Morgan fingerprint density at radius 1 is 0.842 bits per heavy atom. The Morgan fingerprint density at radius 2 is 1.45 bits per heavy atom. The van der Waals surface area contributed by atoms with Crippen LogP contribution in [0.25, 0.3) is 22.4 Å². The Morgan fingerprint density at radius 3 is 2.05 bits per heavy atom. The fraction of sp³-hybridized carbons (Fsp3) is 0.233. The van der Waals surface area contributed by atoms with Crippen LogP contribution in [-0.2, 0) is 13.0 Å². The summed E-state index contributed by atoms with van der Waals surface area (Å²) in [6.07, 6.45) is -0.460. The molecule has 1 saturated heterocycles. The Balaban J connectivity index is 1.61. The first kappa shape index (κ1) is 25.2. The number of piperazine rings is 1. The van der Waals surface area contributed by atoms with Gasteiger partial charge < -0.3 is 20.0 Å². The average Bonchev–Trinajstić information content (AvgIpc) is 3.33. The van der Waals surface area contributed by atoms with Crippen LogP contribution in [0.5, 0.6) is 0 Å². The van der Waals surface area contributed by atoms with E-state index >= 15 is 0 Å². The number of benzene rings is 3. The molecule has 8 heteroatoms. The van der Waals surface area contributed by atoms with Gasteiger partial charge in [0.25, 0.3) is 5.91 Å². The number of amides is 2. The number of aromatic nitrogens is 2. The van der Waals surface area contributed by atoms with E-state index < -0.39 is 6.09 Å². The van der Waals surface area contributed by atoms with Crippen LogP contribution < -0.4 is 0 Å². The molecule has 1 atom stereocenters. The Kier molecular flexibility index (Phi) is 7.51. The van der Waals surface area contributed by atoms with E-state index in [4.69, 9.17) is 5.10 Å². The molecule has 38 heavy (non-hydrogen) atoms. The van der Waals surface area contributed by atoms with Crippen LogP contribution in [-0.4, -0.2) is 74.1 Å². The highest BCUT2D eigenvalue weighted by Crippen LogP contribution is 2.36. The number of aliphatic hydroxyl groups is 1. The number of nitrogens with zero attached hydrogens (tertiary/aromatic N) is 4. The van der Waals surface area contributed by atoms with Gasteiger partial charge in [0.2, 0.25) is 0 Å².